The molecule has 0 unspecified atom stereocenters. The summed E-state index contributed by atoms with van der Waals surface area (Å²) in [7, 11) is 3.05. The summed E-state index contributed by atoms with van der Waals surface area (Å²) in [5.41, 5.74) is -0.403. The monoisotopic (exact) mass is 670 g/mol. The van der Waals surface area contributed by atoms with Gasteiger partial charge in [0.1, 0.15) is 11.2 Å². The van der Waals surface area contributed by atoms with Gasteiger partial charge in [0.05, 0.1) is 24.7 Å². The fraction of sp³-hybridized carbons (Fsp3) is 0.515. The van der Waals surface area contributed by atoms with Crippen LogP contribution in [0.5, 0.6) is 11.5 Å². The predicted octanol–water partition coefficient (Wildman–Crippen LogP) is 5.67. The van der Waals surface area contributed by atoms with E-state index in [0.29, 0.717) is 42.9 Å². The van der Waals surface area contributed by atoms with Crippen molar-refractivity contribution >= 4 is 35.4 Å². The van der Waals surface area contributed by atoms with E-state index in [4.69, 9.17) is 18.9 Å². The highest BCUT2D eigenvalue weighted by Gasteiger charge is 2.27. The second-order valence-corrected chi connectivity index (χ2v) is 13.3. The lowest BCUT2D eigenvalue weighted by atomic mass is 9.91. The van der Waals surface area contributed by atoms with Crippen molar-refractivity contribution in [1.82, 2.24) is 16.0 Å². The number of aliphatic imine (C=N–C) groups is 1. The van der Waals surface area contributed by atoms with Gasteiger partial charge in [-0.25, -0.2) is 9.59 Å². The minimum atomic E-state index is -0.869. The first-order valence-corrected chi connectivity index (χ1v) is 15.6. The zero-order chi connectivity index (χ0) is 35.6. The lowest BCUT2D eigenvalue weighted by Gasteiger charge is -2.31. The largest absolute Gasteiger partial charge is 0.493 e. The fourth-order valence-electron chi connectivity index (χ4n) is 4.90. The van der Waals surface area contributed by atoms with Crippen molar-refractivity contribution in [2.24, 2.45) is 4.99 Å². The Balaban J connectivity index is 1.69. The van der Waals surface area contributed by atoms with Gasteiger partial charge in [-0.3, -0.25) is 20.2 Å². The first-order valence-electron chi connectivity index (χ1n) is 15.6. The molecule has 2 aromatic carbocycles. The van der Waals surface area contributed by atoms with E-state index in [1.165, 1.54) is 32.4 Å². The molecule has 15 heteroatoms. The number of alkyl carbamates (subject to hydrolysis) is 1. The Morgan fingerprint density at radius 2 is 1.50 bits per heavy atom. The number of ether oxygens (including phenoxy) is 4. The lowest BCUT2D eigenvalue weighted by Crippen LogP contribution is -2.49. The molecular weight excluding hydrogens is 624 g/mol. The van der Waals surface area contributed by atoms with Crippen LogP contribution in [-0.2, 0) is 16.0 Å². The van der Waals surface area contributed by atoms with Crippen molar-refractivity contribution in [1.29, 1.82) is 0 Å². The molecule has 3 amide bonds. The van der Waals surface area contributed by atoms with Gasteiger partial charge in [-0.2, -0.15) is 0 Å². The number of rotatable bonds is 9. The molecule has 0 saturated heterocycles. The Bertz CT molecular complexity index is 1510. The van der Waals surface area contributed by atoms with Gasteiger partial charge in [0.25, 0.3) is 11.6 Å². The third-order valence-electron chi connectivity index (χ3n) is 7.00. The second kappa shape index (κ2) is 16.2. The van der Waals surface area contributed by atoms with Crippen LogP contribution in [0.4, 0.5) is 21.0 Å². The fourth-order valence-corrected chi connectivity index (χ4v) is 4.90. The molecule has 0 atom stereocenters. The number of carbonyl (C=O) groups is 3. The van der Waals surface area contributed by atoms with Crippen molar-refractivity contribution in [3.05, 3.63) is 57.6 Å². The molecule has 1 fully saturated rings. The maximum Gasteiger partial charge on any atom is 0.437 e. The number of amides is 3. The number of guanidine groups is 1. The zero-order valence-corrected chi connectivity index (χ0v) is 28.7. The predicted molar refractivity (Wildman–Crippen MR) is 180 cm³/mol. The normalized spacial score (nSPS) is 16.6. The van der Waals surface area contributed by atoms with Gasteiger partial charge in [-0.15, -0.1) is 4.99 Å². The summed E-state index contributed by atoms with van der Waals surface area (Å²) in [5.74, 6) is 0.491. The highest BCUT2D eigenvalue weighted by molar-refractivity contribution is 6.00. The first kappa shape index (κ1) is 37.4. The zero-order valence-electron chi connectivity index (χ0n) is 28.7. The van der Waals surface area contributed by atoms with Crippen LogP contribution in [0.15, 0.2) is 41.4 Å². The smallest absolute Gasteiger partial charge is 0.437 e. The SMILES string of the molecule is COc1ccc(CNC(=O)c2cc([N+](=O)[O-])ccc2N[C@H]2CC[C@H](NC(=NC(=O)OC(C)(C)C)NC(=O)OC(C)(C)C)CC2)cc1OC. The molecule has 1 saturated carbocycles. The van der Waals surface area contributed by atoms with Crippen molar-refractivity contribution in [3.63, 3.8) is 0 Å². The van der Waals surface area contributed by atoms with Crippen LogP contribution in [0.3, 0.4) is 0 Å². The molecule has 0 radical (unpaired) electrons. The average molecular weight is 671 g/mol. The van der Waals surface area contributed by atoms with E-state index in [1.54, 1.807) is 59.7 Å². The van der Waals surface area contributed by atoms with E-state index in [0.717, 1.165) is 5.56 Å². The van der Waals surface area contributed by atoms with Crippen LogP contribution in [0, 0.1) is 10.1 Å². The van der Waals surface area contributed by atoms with Crippen LogP contribution in [0.2, 0.25) is 0 Å². The summed E-state index contributed by atoms with van der Waals surface area (Å²) < 4.78 is 21.2. The number of benzene rings is 2. The quantitative estimate of drug-likeness (QED) is 0.111. The molecule has 0 aliphatic heterocycles. The van der Waals surface area contributed by atoms with Gasteiger partial charge < -0.3 is 34.9 Å². The summed E-state index contributed by atoms with van der Waals surface area (Å²) in [5, 5.41) is 23.4. The van der Waals surface area contributed by atoms with Gasteiger partial charge in [-0.1, -0.05) is 6.07 Å². The van der Waals surface area contributed by atoms with Crippen LogP contribution in [0.25, 0.3) is 0 Å². The average Bonchev–Trinajstić information content (AvgIpc) is 2.98. The molecule has 4 N–H and O–H groups in total. The third kappa shape index (κ3) is 11.9. The van der Waals surface area contributed by atoms with Gasteiger partial charge in [-0.05, 0) is 91.0 Å². The van der Waals surface area contributed by atoms with Gasteiger partial charge in [0.15, 0.2) is 11.5 Å². The van der Waals surface area contributed by atoms with Crippen LogP contribution < -0.4 is 30.7 Å². The molecular formula is C33H46N6O9. The Labute approximate surface area is 280 Å². The number of carbonyl (C=O) groups excluding carboxylic acids is 3. The second-order valence-electron chi connectivity index (χ2n) is 13.3. The van der Waals surface area contributed by atoms with Gasteiger partial charge in [0.2, 0.25) is 5.96 Å². The number of nitro benzene ring substituents is 1. The van der Waals surface area contributed by atoms with E-state index < -0.39 is 34.2 Å². The Kier molecular flexibility index (Phi) is 12.6. The van der Waals surface area contributed by atoms with Crippen molar-refractivity contribution in [2.75, 3.05) is 19.5 Å². The molecule has 0 bridgehead atoms. The molecule has 0 aromatic heterocycles. The first-order chi connectivity index (χ1) is 22.5. The Morgan fingerprint density at radius 3 is 2.08 bits per heavy atom. The van der Waals surface area contributed by atoms with E-state index >= 15 is 0 Å². The maximum atomic E-state index is 13.3. The minimum Gasteiger partial charge on any atom is -0.493 e. The number of non-ortho nitro benzene ring substituents is 1. The minimum absolute atomic E-state index is 0.0630. The molecule has 0 heterocycles. The Morgan fingerprint density at radius 1 is 0.875 bits per heavy atom. The third-order valence-corrected chi connectivity index (χ3v) is 7.00. The highest BCUT2D eigenvalue weighted by atomic mass is 16.6. The van der Waals surface area contributed by atoms with Gasteiger partial charge >= 0.3 is 12.2 Å². The number of nitrogens with one attached hydrogen (secondary N) is 4. The number of anilines is 1. The van der Waals surface area contributed by atoms with E-state index in [2.05, 4.69) is 26.3 Å². The summed E-state index contributed by atoms with van der Waals surface area (Å²) in [4.78, 5) is 53.1. The summed E-state index contributed by atoms with van der Waals surface area (Å²) in [6.07, 6.45) is 0.888. The van der Waals surface area contributed by atoms with Crippen molar-refractivity contribution in [2.45, 2.75) is 97.1 Å². The molecule has 1 aliphatic rings. The number of hydrogen-bond donors (Lipinski definition) is 4. The molecule has 48 heavy (non-hydrogen) atoms. The van der Waals surface area contributed by atoms with E-state index in [9.17, 15) is 24.5 Å². The molecule has 0 spiro atoms. The number of nitro groups is 1. The maximum absolute atomic E-state index is 13.3. The topological polar surface area (TPSA) is 192 Å². The van der Waals surface area contributed by atoms with Gasteiger partial charge in [0, 0.05) is 36.4 Å². The van der Waals surface area contributed by atoms with Crippen LogP contribution >= 0.6 is 0 Å². The van der Waals surface area contributed by atoms with Crippen LogP contribution in [0.1, 0.15) is 83.1 Å². The molecule has 262 valence electrons. The highest BCUT2D eigenvalue weighted by Crippen LogP contribution is 2.29. The number of methoxy groups -OCH3 is 2. The Hall–Kier alpha value is -5.08. The molecule has 2 aromatic rings. The molecule has 3 rings (SSSR count). The molecule has 15 nitrogen and oxygen atoms in total. The number of nitrogens with zero attached hydrogens (tertiary/aromatic N) is 2. The summed E-state index contributed by atoms with van der Waals surface area (Å²) in [6, 6.07) is 9.17. The summed E-state index contributed by atoms with van der Waals surface area (Å²) in [6.45, 7) is 10.4. The van der Waals surface area contributed by atoms with E-state index in [-0.39, 0.29) is 35.8 Å². The van der Waals surface area contributed by atoms with Crippen LogP contribution in [-0.4, -0.2) is 66.5 Å². The van der Waals surface area contributed by atoms with E-state index in [1.807, 2.05) is 0 Å². The standard InChI is InChI=1S/C33H46N6O9/c1-32(2,3)47-30(41)37-29(38-31(42)48-33(4,5)6)36-22-12-10-21(11-13-22)35-25-15-14-23(39(43)44)18-24(25)28(40)34-19-20-9-16-26(45-7)27(17-20)46-8/h9,14-18,21-22,35H,10-13,19H2,1-8H3,(H,34,40)(H2,36,37,38,41,42)/t21-,22-. The number of hydrogen-bond acceptors (Lipinski definition) is 10. The lowest BCUT2D eigenvalue weighted by molar-refractivity contribution is -0.384. The van der Waals surface area contributed by atoms with Crippen molar-refractivity contribution < 1.29 is 38.3 Å². The summed E-state index contributed by atoms with van der Waals surface area (Å²) >= 11 is 0. The molecule has 1 aliphatic carbocycles. The van der Waals surface area contributed by atoms with Crippen molar-refractivity contribution in [3.8, 4) is 11.5 Å².